The molecule has 3 heterocycles. The van der Waals surface area contributed by atoms with Gasteiger partial charge in [0.1, 0.15) is 11.3 Å². The zero-order chi connectivity index (χ0) is 17.9. The third-order valence-corrected chi connectivity index (χ3v) is 4.39. The quantitative estimate of drug-likeness (QED) is 0.810. The van der Waals surface area contributed by atoms with Gasteiger partial charge in [0.25, 0.3) is 5.91 Å². The Hall–Kier alpha value is -2.68. The molecular formula is C16H22N6O3. The normalized spacial score (nSPS) is 16.4. The van der Waals surface area contributed by atoms with Crippen LogP contribution in [0.25, 0.3) is 0 Å². The average molecular weight is 346 g/mol. The van der Waals surface area contributed by atoms with Gasteiger partial charge in [-0.1, -0.05) is 5.16 Å². The van der Waals surface area contributed by atoms with Gasteiger partial charge in [-0.15, -0.1) is 0 Å². The van der Waals surface area contributed by atoms with Crippen LogP contribution >= 0.6 is 0 Å². The summed E-state index contributed by atoms with van der Waals surface area (Å²) in [5, 5.41) is 13.9. The average Bonchev–Trinajstić information content (AvgIpc) is 3.27. The maximum atomic E-state index is 13.1. The standard InChI is InChI=1S/C16H22N6O3/c1-12-10-13(20-25-12)19-14(23)11-21(2)15(24)16(4-7-17-8-5-16)22-9-3-6-18-22/h3,6,9-10,17H,4-5,7-8,11H2,1-2H3,(H,19,20,23). The van der Waals surface area contributed by atoms with Crippen LogP contribution in [0.5, 0.6) is 0 Å². The van der Waals surface area contributed by atoms with Gasteiger partial charge in [-0.05, 0) is 38.9 Å². The van der Waals surface area contributed by atoms with Crippen molar-refractivity contribution in [2.24, 2.45) is 0 Å². The van der Waals surface area contributed by atoms with Crippen molar-refractivity contribution in [1.29, 1.82) is 0 Å². The number of amides is 2. The van der Waals surface area contributed by atoms with Crippen molar-refractivity contribution < 1.29 is 14.1 Å². The molecule has 0 unspecified atom stereocenters. The zero-order valence-corrected chi connectivity index (χ0v) is 14.4. The molecule has 0 saturated carbocycles. The predicted octanol–water partition coefficient (Wildman–Crippen LogP) is 0.355. The molecule has 2 aromatic rings. The molecule has 0 atom stereocenters. The molecule has 9 nitrogen and oxygen atoms in total. The van der Waals surface area contributed by atoms with E-state index in [1.54, 1.807) is 43.2 Å². The Balaban J connectivity index is 1.70. The molecule has 0 aromatic carbocycles. The molecule has 2 N–H and O–H groups in total. The van der Waals surface area contributed by atoms with Gasteiger partial charge in [0.05, 0.1) is 6.54 Å². The number of aryl methyl sites for hydroxylation is 1. The number of nitrogens with zero attached hydrogens (tertiary/aromatic N) is 4. The van der Waals surface area contributed by atoms with Gasteiger partial charge >= 0.3 is 0 Å². The van der Waals surface area contributed by atoms with Gasteiger partial charge in [0.2, 0.25) is 5.91 Å². The fourth-order valence-corrected chi connectivity index (χ4v) is 3.15. The highest BCUT2D eigenvalue weighted by molar-refractivity contribution is 5.95. The van der Waals surface area contributed by atoms with Crippen molar-refractivity contribution >= 4 is 17.6 Å². The van der Waals surface area contributed by atoms with Crippen LogP contribution in [-0.4, -0.2) is 58.3 Å². The van der Waals surface area contributed by atoms with Crippen LogP contribution in [0.2, 0.25) is 0 Å². The van der Waals surface area contributed by atoms with Crippen LogP contribution in [0.4, 0.5) is 5.82 Å². The van der Waals surface area contributed by atoms with E-state index in [1.165, 1.54) is 4.90 Å². The van der Waals surface area contributed by atoms with Crippen LogP contribution in [0.15, 0.2) is 29.0 Å². The van der Waals surface area contributed by atoms with E-state index in [1.807, 2.05) is 0 Å². The largest absolute Gasteiger partial charge is 0.360 e. The maximum Gasteiger partial charge on any atom is 0.250 e. The van der Waals surface area contributed by atoms with Crippen LogP contribution in [-0.2, 0) is 15.1 Å². The molecule has 1 fully saturated rings. The highest BCUT2D eigenvalue weighted by atomic mass is 16.5. The van der Waals surface area contributed by atoms with Gasteiger partial charge in [0, 0.05) is 25.5 Å². The summed E-state index contributed by atoms with van der Waals surface area (Å²) in [7, 11) is 1.63. The first-order chi connectivity index (χ1) is 12.0. The van der Waals surface area contributed by atoms with Gasteiger partial charge in [-0.25, -0.2) is 0 Å². The van der Waals surface area contributed by atoms with E-state index in [9.17, 15) is 9.59 Å². The maximum absolute atomic E-state index is 13.1. The molecule has 3 rings (SSSR count). The molecule has 2 aromatic heterocycles. The number of carbonyl (C=O) groups excluding carboxylic acids is 2. The molecule has 0 bridgehead atoms. The fraction of sp³-hybridized carbons (Fsp3) is 0.500. The van der Waals surface area contributed by atoms with E-state index in [-0.39, 0.29) is 18.4 Å². The summed E-state index contributed by atoms with van der Waals surface area (Å²) in [4.78, 5) is 26.8. The lowest BCUT2D eigenvalue weighted by molar-refractivity contribution is -0.143. The SMILES string of the molecule is Cc1cc(NC(=O)CN(C)C(=O)C2(n3cccn3)CCNCC2)no1. The summed E-state index contributed by atoms with van der Waals surface area (Å²) in [6.07, 6.45) is 4.72. The molecule has 1 aliphatic heterocycles. The monoisotopic (exact) mass is 346 g/mol. The predicted molar refractivity (Wildman–Crippen MR) is 89.8 cm³/mol. The van der Waals surface area contributed by atoms with Crippen LogP contribution in [0.3, 0.4) is 0 Å². The lowest BCUT2D eigenvalue weighted by Crippen LogP contribution is -2.55. The summed E-state index contributed by atoms with van der Waals surface area (Å²) in [5.74, 6) is 0.497. The number of carbonyl (C=O) groups is 2. The van der Waals surface area contributed by atoms with Gasteiger partial charge < -0.3 is 20.1 Å². The third kappa shape index (κ3) is 3.55. The zero-order valence-electron chi connectivity index (χ0n) is 14.4. The second-order valence-corrected chi connectivity index (χ2v) is 6.26. The molecule has 0 radical (unpaired) electrons. The molecule has 1 aliphatic rings. The van der Waals surface area contributed by atoms with Crippen molar-refractivity contribution in [2.45, 2.75) is 25.3 Å². The number of aromatic nitrogens is 3. The third-order valence-electron chi connectivity index (χ3n) is 4.39. The molecule has 2 amide bonds. The van der Waals surface area contributed by atoms with Crippen molar-refractivity contribution in [3.8, 4) is 0 Å². The van der Waals surface area contributed by atoms with E-state index >= 15 is 0 Å². The highest BCUT2D eigenvalue weighted by Crippen LogP contribution is 2.29. The topological polar surface area (TPSA) is 105 Å². The Morgan fingerprint density at radius 3 is 2.80 bits per heavy atom. The summed E-state index contributed by atoms with van der Waals surface area (Å²) in [6.45, 7) is 3.12. The summed E-state index contributed by atoms with van der Waals surface area (Å²) in [6, 6.07) is 3.43. The number of nitrogens with one attached hydrogen (secondary N) is 2. The highest BCUT2D eigenvalue weighted by Gasteiger charge is 2.43. The van der Waals surface area contributed by atoms with E-state index in [4.69, 9.17) is 4.52 Å². The fourth-order valence-electron chi connectivity index (χ4n) is 3.15. The second kappa shape index (κ2) is 7.06. The van der Waals surface area contributed by atoms with E-state index in [0.29, 0.717) is 24.4 Å². The number of likely N-dealkylation sites (N-methyl/N-ethyl adjacent to an activating group) is 1. The second-order valence-electron chi connectivity index (χ2n) is 6.26. The molecule has 0 aliphatic carbocycles. The molecule has 9 heteroatoms. The minimum Gasteiger partial charge on any atom is -0.360 e. The summed E-state index contributed by atoms with van der Waals surface area (Å²) < 4.78 is 6.63. The molecular weight excluding hydrogens is 324 g/mol. The Morgan fingerprint density at radius 2 is 2.20 bits per heavy atom. The van der Waals surface area contributed by atoms with Crippen LogP contribution in [0.1, 0.15) is 18.6 Å². The lowest BCUT2D eigenvalue weighted by atomic mass is 9.87. The van der Waals surface area contributed by atoms with Crippen molar-refractivity contribution in [2.75, 3.05) is 32.0 Å². The van der Waals surface area contributed by atoms with Gasteiger partial charge in [-0.3, -0.25) is 14.3 Å². The number of rotatable bonds is 5. The van der Waals surface area contributed by atoms with Gasteiger partial charge in [0.15, 0.2) is 5.82 Å². The number of hydrogen-bond acceptors (Lipinski definition) is 6. The number of piperidine rings is 1. The molecule has 25 heavy (non-hydrogen) atoms. The van der Waals surface area contributed by atoms with Crippen molar-refractivity contribution in [1.82, 2.24) is 25.2 Å². The summed E-state index contributed by atoms with van der Waals surface area (Å²) in [5.41, 5.74) is -0.756. The summed E-state index contributed by atoms with van der Waals surface area (Å²) >= 11 is 0. The van der Waals surface area contributed by atoms with E-state index < -0.39 is 5.54 Å². The lowest BCUT2D eigenvalue weighted by Gasteiger charge is -2.38. The number of hydrogen-bond donors (Lipinski definition) is 2. The minimum atomic E-state index is -0.756. The molecule has 1 saturated heterocycles. The molecule has 134 valence electrons. The first-order valence-corrected chi connectivity index (χ1v) is 8.21. The Bertz CT molecular complexity index is 733. The van der Waals surface area contributed by atoms with E-state index in [2.05, 4.69) is 20.9 Å². The van der Waals surface area contributed by atoms with Gasteiger partial charge in [-0.2, -0.15) is 5.10 Å². The minimum absolute atomic E-state index is 0.0683. The van der Waals surface area contributed by atoms with Crippen molar-refractivity contribution in [3.05, 3.63) is 30.3 Å². The van der Waals surface area contributed by atoms with Crippen LogP contribution < -0.4 is 10.6 Å². The first-order valence-electron chi connectivity index (χ1n) is 8.21. The smallest absolute Gasteiger partial charge is 0.250 e. The Kier molecular flexibility index (Phi) is 4.84. The van der Waals surface area contributed by atoms with Crippen LogP contribution in [0, 0.1) is 6.92 Å². The van der Waals surface area contributed by atoms with Crippen molar-refractivity contribution in [3.63, 3.8) is 0 Å². The number of anilines is 1. The van der Waals surface area contributed by atoms with E-state index in [0.717, 1.165) is 13.1 Å². The Morgan fingerprint density at radius 1 is 1.44 bits per heavy atom. The first kappa shape index (κ1) is 17.2. The Labute approximate surface area is 145 Å². The molecule has 0 spiro atoms.